The Labute approximate surface area is 112 Å². The van der Waals surface area contributed by atoms with Gasteiger partial charge in [-0.2, -0.15) is 0 Å². The summed E-state index contributed by atoms with van der Waals surface area (Å²) >= 11 is 1.38. The molecule has 94 valence electrons. The van der Waals surface area contributed by atoms with E-state index in [1.807, 2.05) is 12.1 Å². The second kappa shape index (κ2) is 4.55. The minimum absolute atomic E-state index is 0.338. The Bertz CT molecular complexity index is 756. The number of carbonyl (C=O) groups excluding carboxylic acids is 1. The highest BCUT2D eigenvalue weighted by Crippen LogP contribution is 2.28. The molecule has 0 aliphatic heterocycles. The molecule has 4 heteroatoms. The summed E-state index contributed by atoms with van der Waals surface area (Å²) in [5, 5.41) is 2.36. The van der Waals surface area contributed by atoms with E-state index >= 15 is 0 Å². The Hall–Kier alpha value is -2.07. The number of hydrogen-bond acceptors (Lipinski definition) is 2. The Balaban J connectivity index is 2.20. The maximum absolute atomic E-state index is 13.6. The van der Waals surface area contributed by atoms with Gasteiger partial charge >= 0.3 is 0 Å². The van der Waals surface area contributed by atoms with Crippen molar-refractivity contribution in [1.82, 2.24) is 0 Å². The van der Waals surface area contributed by atoms with Crippen LogP contribution in [0.4, 0.5) is 8.78 Å². The molecule has 0 aliphatic carbocycles. The lowest BCUT2D eigenvalue weighted by atomic mass is 10.0. The van der Waals surface area contributed by atoms with Gasteiger partial charge in [0.2, 0.25) is 0 Å². The lowest BCUT2D eigenvalue weighted by Gasteiger charge is -2.03. The van der Waals surface area contributed by atoms with E-state index in [9.17, 15) is 13.6 Å². The van der Waals surface area contributed by atoms with Crippen molar-refractivity contribution in [2.75, 3.05) is 0 Å². The molecule has 3 rings (SSSR count). The number of benzene rings is 2. The average Bonchev–Trinajstić information content (AvgIpc) is 2.82. The Kier molecular flexibility index (Phi) is 2.87. The maximum atomic E-state index is 13.6. The van der Waals surface area contributed by atoms with E-state index in [4.69, 9.17) is 0 Å². The van der Waals surface area contributed by atoms with Gasteiger partial charge in [-0.05, 0) is 18.2 Å². The molecule has 0 aliphatic rings. The highest BCUT2D eigenvalue weighted by atomic mass is 32.1. The van der Waals surface area contributed by atoms with Crippen LogP contribution in [0.15, 0.2) is 47.8 Å². The minimum atomic E-state index is -0.833. The summed E-state index contributed by atoms with van der Waals surface area (Å²) in [6.45, 7) is 0. The molecule has 0 saturated heterocycles. The molecular weight excluding hydrogens is 266 g/mol. The molecule has 19 heavy (non-hydrogen) atoms. The number of hydrogen-bond donors (Lipinski definition) is 0. The molecule has 0 spiro atoms. The third-order valence-electron chi connectivity index (χ3n) is 2.92. The predicted molar refractivity (Wildman–Crippen MR) is 71.6 cm³/mol. The number of halogens is 2. The summed E-state index contributed by atoms with van der Waals surface area (Å²) in [7, 11) is 0. The van der Waals surface area contributed by atoms with Crippen LogP contribution < -0.4 is 0 Å². The van der Waals surface area contributed by atoms with Crippen molar-refractivity contribution < 1.29 is 13.6 Å². The molecule has 0 atom stereocenters. The third-order valence-corrected chi connectivity index (χ3v) is 3.88. The van der Waals surface area contributed by atoms with Crippen LogP contribution in [0.1, 0.15) is 15.9 Å². The molecule has 0 unspecified atom stereocenters. The van der Waals surface area contributed by atoms with E-state index in [-0.39, 0.29) is 0 Å². The second-order valence-electron chi connectivity index (χ2n) is 4.07. The molecule has 1 aromatic heterocycles. The van der Waals surface area contributed by atoms with Crippen LogP contribution in [-0.2, 0) is 0 Å². The zero-order valence-electron chi connectivity index (χ0n) is 9.69. The molecule has 0 radical (unpaired) electrons. The molecule has 1 heterocycles. The summed E-state index contributed by atoms with van der Waals surface area (Å²) in [6.07, 6.45) is 0. The van der Waals surface area contributed by atoms with E-state index in [0.29, 0.717) is 5.56 Å². The monoisotopic (exact) mass is 274 g/mol. The van der Waals surface area contributed by atoms with E-state index in [1.54, 1.807) is 17.5 Å². The second-order valence-corrected chi connectivity index (χ2v) is 4.98. The van der Waals surface area contributed by atoms with Crippen molar-refractivity contribution in [3.8, 4) is 0 Å². The number of ketones is 1. The first-order valence-electron chi connectivity index (χ1n) is 5.63. The summed E-state index contributed by atoms with van der Waals surface area (Å²) in [6, 6.07) is 10.7. The summed E-state index contributed by atoms with van der Waals surface area (Å²) in [4.78, 5) is 12.3. The predicted octanol–water partition coefficient (Wildman–Crippen LogP) is 4.41. The Morgan fingerprint density at radius 1 is 0.947 bits per heavy atom. The first-order chi connectivity index (χ1) is 9.18. The topological polar surface area (TPSA) is 17.1 Å². The van der Waals surface area contributed by atoms with Crippen molar-refractivity contribution in [1.29, 1.82) is 0 Å². The smallest absolute Gasteiger partial charge is 0.200 e. The number of rotatable bonds is 2. The van der Waals surface area contributed by atoms with Crippen LogP contribution in [0.3, 0.4) is 0 Å². The van der Waals surface area contributed by atoms with Crippen LogP contribution in [0, 0.1) is 11.6 Å². The van der Waals surface area contributed by atoms with Crippen LogP contribution in [-0.4, -0.2) is 5.78 Å². The van der Waals surface area contributed by atoms with Gasteiger partial charge in [0.05, 0.1) is 5.56 Å². The first-order valence-corrected chi connectivity index (χ1v) is 6.51. The van der Waals surface area contributed by atoms with E-state index in [0.717, 1.165) is 22.2 Å². The number of carbonyl (C=O) groups is 1. The van der Waals surface area contributed by atoms with E-state index in [1.165, 1.54) is 17.4 Å². The molecule has 0 bridgehead atoms. The Morgan fingerprint density at radius 2 is 1.63 bits per heavy atom. The fourth-order valence-electron chi connectivity index (χ4n) is 2.00. The maximum Gasteiger partial charge on any atom is 0.200 e. The van der Waals surface area contributed by atoms with E-state index < -0.39 is 23.0 Å². The largest absolute Gasteiger partial charge is 0.288 e. The normalized spacial score (nSPS) is 10.8. The quantitative estimate of drug-likeness (QED) is 0.633. The van der Waals surface area contributed by atoms with E-state index in [2.05, 4.69) is 0 Å². The van der Waals surface area contributed by atoms with Crippen LogP contribution in [0.2, 0.25) is 0 Å². The molecule has 2 aromatic carbocycles. The number of fused-ring (bicyclic) bond motifs is 1. The van der Waals surface area contributed by atoms with Gasteiger partial charge in [-0.25, -0.2) is 8.78 Å². The van der Waals surface area contributed by atoms with Gasteiger partial charge in [-0.15, -0.1) is 11.3 Å². The van der Waals surface area contributed by atoms with Crippen molar-refractivity contribution in [2.45, 2.75) is 0 Å². The van der Waals surface area contributed by atoms with Crippen molar-refractivity contribution >= 4 is 27.2 Å². The third kappa shape index (κ3) is 1.94. The Morgan fingerprint density at radius 3 is 2.37 bits per heavy atom. The van der Waals surface area contributed by atoms with Gasteiger partial charge in [0, 0.05) is 21.0 Å². The molecule has 0 saturated carbocycles. The highest BCUT2D eigenvalue weighted by Gasteiger charge is 2.21. The van der Waals surface area contributed by atoms with Gasteiger partial charge in [0.15, 0.2) is 5.78 Å². The summed E-state index contributed by atoms with van der Waals surface area (Å²) < 4.78 is 28.2. The molecule has 0 amide bonds. The standard InChI is InChI=1S/C15H8F2OS/c16-11-5-3-6-12(17)14(11)15(18)10-8-19-13-7-2-1-4-9(10)13/h1-8H. The van der Waals surface area contributed by atoms with Gasteiger partial charge in [0.25, 0.3) is 0 Å². The van der Waals surface area contributed by atoms with Crippen molar-refractivity contribution in [3.05, 3.63) is 70.6 Å². The first kappa shape index (κ1) is 12.0. The molecular formula is C15H8F2OS. The summed E-state index contributed by atoms with van der Waals surface area (Å²) in [5.74, 6) is -2.28. The lowest BCUT2D eigenvalue weighted by Crippen LogP contribution is -2.06. The average molecular weight is 274 g/mol. The van der Waals surface area contributed by atoms with Crippen LogP contribution in [0.5, 0.6) is 0 Å². The zero-order chi connectivity index (χ0) is 13.4. The SMILES string of the molecule is O=C(c1c(F)cccc1F)c1csc2ccccc12. The van der Waals surface area contributed by atoms with Gasteiger partial charge in [-0.3, -0.25) is 4.79 Å². The van der Waals surface area contributed by atoms with Gasteiger partial charge in [0.1, 0.15) is 11.6 Å². The highest BCUT2D eigenvalue weighted by molar-refractivity contribution is 7.17. The van der Waals surface area contributed by atoms with Gasteiger partial charge in [-0.1, -0.05) is 24.3 Å². The number of thiophene rings is 1. The molecule has 3 aromatic rings. The lowest BCUT2D eigenvalue weighted by molar-refractivity contribution is 0.103. The van der Waals surface area contributed by atoms with Crippen LogP contribution >= 0.6 is 11.3 Å². The fraction of sp³-hybridized carbons (Fsp3) is 0. The van der Waals surface area contributed by atoms with Crippen LogP contribution in [0.25, 0.3) is 10.1 Å². The fourth-order valence-corrected chi connectivity index (χ4v) is 2.94. The minimum Gasteiger partial charge on any atom is -0.288 e. The zero-order valence-corrected chi connectivity index (χ0v) is 10.5. The summed E-state index contributed by atoms with van der Waals surface area (Å²) in [5.41, 5.74) is -0.157. The van der Waals surface area contributed by atoms with Crippen molar-refractivity contribution in [2.24, 2.45) is 0 Å². The molecule has 1 nitrogen and oxygen atoms in total. The molecule has 0 fully saturated rings. The molecule has 0 N–H and O–H groups in total. The van der Waals surface area contributed by atoms with Crippen molar-refractivity contribution in [3.63, 3.8) is 0 Å². The van der Waals surface area contributed by atoms with Gasteiger partial charge < -0.3 is 0 Å².